The van der Waals surface area contributed by atoms with Crippen LogP contribution < -0.4 is 0 Å². The van der Waals surface area contributed by atoms with E-state index in [1.54, 1.807) is 11.3 Å². The Balaban J connectivity index is 1.97. The quantitative estimate of drug-likeness (QED) is 0.750. The Hall–Kier alpha value is -0.520. The maximum absolute atomic E-state index is 9.49. The first kappa shape index (κ1) is 9.05. The van der Waals surface area contributed by atoms with Gasteiger partial charge in [-0.1, -0.05) is 0 Å². The number of aliphatic hydroxyl groups is 1. The van der Waals surface area contributed by atoms with Gasteiger partial charge in [-0.15, -0.1) is 21.5 Å². The van der Waals surface area contributed by atoms with Crippen LogP contribution in [-0.2, 0) is 11.2 Å². The maximum Gasteiger partial charge on any atom is 0.117 e. The summed E-state index contributed by atoms with van der Waals surface area (Å²) in [5, 5.41) is 19.4. The molecule has 1 aromatic rings. The summed E-state index contributed by atoms with van der Waals surface area (Å²) in [6.45, 7) is 3.03. The van der Waals surface area contributed by atoms with Crippen molar-refractivity contribution in [1.82, 2.24) is 10.2 Å². The second-order valence-corrected chi connectivity index (χ2v) is 4.55. The summed E-state index contributed by atoms with van der Waals surface area (Å²) in [7, 11) is 0. The first-order chi connectivity index (χ1) is 6.25. The third-order valence-electron chi connectivity index (χ3n) is 2.17. The lowest BCUT2D eigenvalue weighted by Crippen LogP contribution is -2.19. The molecule has 2 rings (SSSR count). The van der Waals surface area contributed by atoms with Crippen molar-refractivity contribution in [1.29, 1.82) is 0 Å². The molecule has 1 saturated heterocycles. The van der Waals surface area contributed by atoms with E-state index in [1.165, 1.54) is 0 Å². The van der Waals surface area contributed by atoms with E-state index in [2.05, 4.69) is 10.2 Å². The molecule has 5 heteroatoms. The number of hydrogen-bond donors (Lipinski definition) is 1. The van der Waals surface area contributed by atoms with Crippen LogP contribution >= 0.6 is 11.3 Å². The van der Waals surface area contributed by atoms with Gasteiger partial charge in [0.25, 0.3) is 0 Å². The van der Waals surface area contributed by atoms with E-state index in [0.29, 0.717) is 13.2 Å². The Kier molecular flexibility index (Phi) is 2.57. The van der Waals surface area contributed by atoms with Crippen molar-refractivity contribution in [3.63, 3.8) is 0 Å². The fraction of sp³-hybridized carbons (Fsp3) is 0.750. The fourth-order valence-corrected chi connectivity index (χ4v) is 2.23. The smallest absolute Gasteiger partial charge is 0.117 e. The Morgan fingerprint density at radius 3 is 2.92 bits per heavy atom. The monoisotopic (exact) mass is 200 g/mol. The second kappa shape index (κ2) is 3.69. The van der Waals surface area contributed by atoms with Gasteiger partial charge in [0.2, 0.25) is 0 Å². The van der Waals surface area contributed by atoms with Crippen molar-refractivity contribution in [2.24, 2.45) is 5.92 Å². The van der Waals surface area contributed by atoms with Crippen LogP contribution in [0.1, 0.15) is 10.0 Å². The highest BCUT2D eigenvalue weighted by atomic mass is 32.1. The molecule has 1 aliphatic rings. The summed E-state index contributed by atoms with van der Waals surface area (Å²) in [6, 6.07) is 0. The minimum Gasteiger partial charge on any atom is -0.390 e. The predicted octanol–water partition coefficient (Wildman–Crippen LogP) is 0.396. The van der Waals surface area contributed by atoms with E-state index in [4.69, 9.17) is 4.74 Å². The van der Waals surface area contributed by atoms with Gasteiger partial charge >= 0.3 is 0 Å². The highest BCUT2D eigenvalue weighted by molar-refractivity contribution is 7.11. The van der Waals surface area contributed by atoms with E-state index in [0.717, 1.165) is 16.4 Å². The number of aryl methyl sites for hydroxylation is 1. The standard InChI is InChI=1S/C8H12N2O2S/c1-5-9-10-8(13-5)2-6-3-12-4-7(6)11/h6-7,11H,2-4H2,1H3/t6-,7-/m1/s1. The molecule has 0 amide bonds. The van der Waals surface area contributed by atoms with Crippen LogP contribution in [0.2, 0.25) is 0 Å². The number of ether oxygens (including phenoxy) is 1. The van der Waals surface area contributed by atoms with E-state index in [9.17, 15) is 5.11 Å². The zero-order valence-corrected chi connectivity index (χ0v) is 8.25. The Morgan fingerprint density at radius 1 is 1.54 bits per heavy atom. The third-order valence-corrected chi connectivity index (χ3v) is 3.03. The minimum absolute atomic E-state index is 0.201. The molecule has 2 heterocycles. The van der Waals surface area contributed by atoms with Crippen LogP contribution in [0, 0.1) is 12.8 Å². The molecule has 4 nitrogen and oxygen atoms in total. The number of aliphatic hydroxyl groups excluding tert-OH is 1. The molecule has 0 spiro atoms. The summed E-state index contributed by atoms with van der Waals surface area (Å²) >= 11 is 1.59. The second-order valence-electron chi connectivity index (χ2n) is 3.28. The van der Waals surface area contributed by atoms with Crippen LogP contribution in [-0.4, -0.2) is 34.6 Å². The molecule has 2 atom stereocenters. The molecule has 72 valence electrons. The summed E-state index contributed by atoms with van der Waals surface area (Å²) in [6.07, 6.45) is 0.455. The van der Waals surface area contributed by atoms with E-state index >= 15 is 0 Å². The molecular weight excluding hydrogens is 188 g/mol. The van der Waals surface area contributed by atoms with Gasteiger partial charge in [0.15, 0.2) is 0 Å². The minimum atomic E-state index is -0.329. The van der Waals surface area contributed by atoms with Crippen LogP contribution in [0.15, 0.2) is 0 Å². The summed E-state index contributed by atoms with van der Waals surface area (Å²) in [5.41, 5.74) is 0. The Morgan fingerprint density at radius 2 is 2.38 bits per heavy atom. The fourth-order valence-electron chi connectivity index (χ4n) is 1.43. The van der Waals surface area contributed by atoms with Crippen LogP contribution in [0.5, 0.6) is 0 Å². The molecule has 1 N–H and O–H groups in total. The average Bonchev–Trinajstić information content (AvgIpc) is 2.64. The summed E-state index contributed by atoms with van der Waals surface area (Å²) < 4.78 is 5.15. The summed E-state index contributed by atoms with van der Waals surface area (Å²) in [5.74, 6) is 0.201. The maximum atomic E-state index is 9.49. The zero-order valence-electron chi connectivity index (χ0n) is 7.43. The lowest BCUT2D eigenvalue weighted by atomic mass is 10.0. The van der Waals surface area contributed by atoms with Gasteiger partial charge in [0, 0.05) is 12.3 Å². The lowest BCUT2D eigenvalue weighted by Gasteiger charge is -2.08. The molecular formula is C8H12N2O2S. The SMILES string of the molecule is Cc1nnc(C[C@@H]2COC[C@H]2O)s1. The largest absolute Gasteiger partial charge is 0.390 e. The van der Waals surface area contributed by atoms with Crippen molar-refractivity contribution in [3.8, 4) is 0 Å². The van der Waals surface area contributed by atoms with Gasteiger partial charge in [0.1, 0.15) is 10.0 Å². The number of hydrogen-bond acceptors (Lipinski definition) is 5. The van der Waals surface area contributed by atoms with E-state index in [1.807, 2.05) is 6.92 Å². The lowest BCUT2D eigenvalue weighted by molar-refractivity contribution is 0.118. The van der Waals surface area contributed by atoms with Crippen LogP contribution in [0.4, 0.5) is 0 Å². The van der Waals surface area contributed by atoms with Crippen molar-refractivity contribution >= 4 is 11.3 Å². The molecule has 0 aromatic carbocycles. The molecule has 1 aliphatic heterocycles. The van der Waals surface area contributed by atoms with Crippen molar-refractivity contribution < 1.29 is 9.84 Å². The molecule has 0 bridgehead atoms. The van der Waals surface area contributed by atoms with Gasteiger partial charge in [0.05, 0.1) is 19.3 Å². The van der Waals surface area contributed by atoms with Crippen molar-refractivity contribution in [2.45, 2.75) is 19.4 Å². The van der Waals surface area contributed by atoms with Crippen LogP contribution in [0.25, 0.3) is 0 Å². The normalized spacial score (nSPS) is 28.2. The Labute approximate surface area is 80.6 Å². The molecule has 0 saturated carbocycles. The average molecular weight is 200 g/mol. The molecule has 1 aromatic heterocycles. The number of aromatic nitrogens is 2. The third kappa shape index (κ3) is 2.04. The first-order valence-electron chi connectivity index (χ1n) is 4.30. The van der Waals surface area contributed by atoms with E-state index < -0.39 is 0 Å². The highest BCUT2D eigenvalue weighted by Crippen LogP contribution is 2.20. The van der Waals surface area contributed by atoms with Crippen molar-refractivity contribution in [3.05, 3.63) is 10.0 Å². The number of nitrogens with zero attached hydrogens (tertiary/aromatic N) is 2. The summed E-state index contributed by atoms with van der Waals surface area (Å²) in [4.78, 5) is 0. The van der Waals surface area contributed by atoms with Gasteiger partial charge in [-0.25, -0.2) is 0 Å². The molecule has 0 radical (unpaired) electrons. The highest BCUT2D eigenvalue weighted by Gasteiger charge is 2.27. The van der Waals surface area contributed by atoms with Gasteiger partial charge < -0.3 is 9.84 Å². The van der Waals surface area contributed by atoms with E-state index in [-0.39, 0.29) is 12.0 Å². The number of rotatable bonds is 2. The van der Waals surface area contributed by atoms with Crippen LogP contribution in [0.3, 0.4) is 0 Å². The topological polar surface area (TPSA) is 55.2 Å². The predicted molar refractivity (Wildman–Crippen MR) is 48.7 cm³/mol. The van der Waals surface area contributed by atoms with Gasteiger partial charge in [-0.05, 0) is 6.92 Å². The van der Waals surface area contributed by atoms with Gasteiger partial charge in [-0.2, -0.15) is 0 Å². The zero-order chi connectivity index (χ0) is 9.26. The molecule has 1 fully saturated rings. The molecule has 13 heavy (non-hydrogen) atoms. The van der Waals surface area contributed by atoms with Gasteiger partial charge in [-0.3, -0.25) is 0 Å². The first-order valence-corrected chi connectivity index (χ1v) is 5.12. The Bertz CT molecular complexity index is 289. The molecule has 0 unspecified atom stereocenters. The van der Waals surface area contributed by atoms with Crippen molar-refractivity contribution in [2.75, 3.05) is 13.2 Å². The molecule has 0 aliphatic carbocycles.